The Morgan fingerprint density at radius 1 is 1.38 bits per heavy atom. The highest BCUT2D eigenvalue weighted by Crippen LogP contribution is 2.35. The quantitative estimate of drug-likeness (QED) is 0.467. The van der Waals surface area contributed by atoms with E-state index in [4.69, 9.17) is 22.1 Å². The van der Waals surface area contributed by atoms with Crippen molar-refractivity contribution in [3.05, 3.63) is 15.6 Å². The SMILES string of the molecule is CC[C@H](O)[C@H]1O[C@@H](n2c(=O)n(CCC(F)(F)F)c3c(Cl)nc(N)nc32)[C@H](O)[C@H]1F. The van der Waals surface area contributed by atoms with Crippen molar-refractivity contribution in [3.63, 3.8) is 0 Å². The van der Waals surface area contributed by atoms with Crippen molar-refractivity contribution in [2.75, 3.05) is 5.73 Å². The van der Waals surface area contributed by atoms with Gasteiger partial charge >= 0.3 is 11.9 Å². The first-order valence-corrected chi connectivity index (χ1v) is 9.00. The van der Waals surface area contributed by atoms with E-state index in [-0.39, 0.29) is 22.7 Å². The molecular formula is C15H18ClF4N5O4. The summed E-state index contributed by atoms with van der Waals surface area (Å²) < 4.78 is 59.2. The van der Waals surface area contributed by atoms with Crippen molar-refractivity contribution in [1.82, 2.24) is 19.1 Å². The topological polar surface area (TPSA) is 128 Å². The number of anilines is 1. The highest BCUT2D eigenvalue weighted by molar-refractivity contribution is 6.33. The van der Waals surface area contributed by atoms with Crippen LogP contribution in [0.4, 0.5) is 23.5 Å². The average Bonchev–Trinajstić information content (AvgIpc) is 3.06. The summed E-state index contributed by atoms with van der Waals surface area (Å²) in [4.78, 5) is 20.3. The zero-order valence-electron chi connectivity index (χ0n) is 15.0. The minimum absolute atomic E-state index is 0.105. The van der Waals surface area contributed by atoms with Crippen molar-refractivity contribution in [3.8, 4) is 0 Å². The second kappa shape index (κ2) is 7.70. The zero-order valence-corrected chi connectivity index (χ0v) is 15.7. The molecule has 9 nitrogen and oxygen atoms in total. The van der Waals surface area contributed by atoms with Crippen molar-refractivity contribution < 1.29 is 32.5 Å². The maximum absolute atomic E-state index is 14.5. The zero-order chi connectivity index (χ0) is 21.7. The van der Waals surface area contributed by atoms with E-state index in [2.05, 4.69) is 9.97 Å². The number of alkyl halides is 4. The van der Waals surface area contributed by atoms with Crippen molar-refractivity contribution in [2.24, 2.45) is 0 Å². The van der Waals surface area contributed by atoms with E-state index in [1.54, 1.807) is 6.92 Å². The highest BCUT2D eigenvalue weighted by atomic mass is 35.5. The lowest BCUT2D eigenvalue weighted by Crippen LogP contribution is -2.36. The molecule has 5 atom stereocenters. The number of nitrogen functional groups attached to an aromatic ring is 1. The molecule has 4 N–H and O–H groups in total. The first-order chi connectivity index (χ1) is 13.5. The summed E-state index contributed by atoms with van der Waals surface area (Å²) in [5.41, 5.74) is 3.87. The van der Waals surface area contributed by atoms with E-state index in [0.29, 0.717) is 9.13 Å². The van der Waals surface area contributed by atoms with Gasteiger partial charge in [-0.05, 0) is 6.42 Å². The Bertz CT molecular complexity index is 965. The molecule has 1 aliphatic heterocycles. The van der Waals surface area contributed by atoms with E-state index >= 15 is 0 Å². The van der Waals surface area contributed by atoms with Gasteiger partial charge in [0.1, 0.15) is 17.7 Å². The maximum Gasteiger partial charge on any atom is 0.390 e. The van der Waals surface area contributed by atoms with Crippen LogP contribution in [0, 0.1) is 0 Å². The summed E-state index contributed by atoms with van der Waals surface area (Å²) in [6.45, 7) is 0.741. The molecule has 3 rings (SSSR count). The lowest BCUT2D eigenvalue weighted by molar-refractivity contribution is -0.136. The van der Waals surface area contributed by atoms with Gasteiger partial charge < -0.3 is 20.7 Å². The van der Waals surface area contributed by atoms with Crippen molar-refractivity contribution in [1.29, 1.82) is 0 Å². The summed E-state index contributed by atoms with van der Waals surface area (Å²) in [7, 11) is 0. The molecule has 0 aromatic carbocycles. The van der Waals surface area contributed by atoms with E-state index < -0.39 is 61.5 Å². The Hall–Kier alpha value is -1.96. The normalized spacial score (nSPS) is 26.3. The van der Waals surface area contributed by atoms with Gasteiger partial charge in [0.05, 0.1) is 12.5 Å². The second-order valence-corrected chi connectivity index (χ2v) is 6.97. The molecular weight excluding hydrogens is 426 g/mol. The van der Waals surface area contributed by atoms with Gasteiger partial charge in [-0.1, -0.05) is 18.5 Å². The first-order valence-electron chi connectivity index (χ1n) is 8.62. The van der Waals surface area contributed by atoms with Crippen LogP contribution in [0.3, 0.4) is 0 Å². The first kappa shape index (κ1) is 21.7. The number of hydrogen-bond acceptors (Lipinski definition) is 7. The Labute approximate surface area is 165 Å². The van der Waals surface area contributed by atoms with Crippen LogP contribution in [0.15, 0.2) is 4.79 Å². The molecule has 1 fully saturated rings. The van der Waals surface area contributed by atoms with Crippen LogP contribution in [0.25, 0.3) is 11.2 Å². The molecule has 3 heterocycles. The molecule has 162 valence electrons. The standard InChI is InChI=1S/C15H18ClF4N5O4/c1-2-5(26)9-6(17)8(27)12(29-9)25-11-7(10(16)22-13(21)23-11)24(14(25)28)4-3-15(18,19)20/h5-6,8-9,12,26-27H,2-4H2,1H3,(H2,21,22,23)/t5-,6+,8+,9+,12+/m0/s1. The molecule has 1 saturated heterocycles. The number of fused-ring (bicyclic) bond motifs is 1. The van der Waals surface area contributed by atoms with E-state index in [0.717, 1.165) is 0 Å². The molecule has 0 spiro atoms. The maximum atomic E-state index is 14.5. The highest BCUT2D eigenvalue weighted by Gasteiger charge is 2.49. The van der Waals surface area contributed by atoms with Gasteiger partial charge in [-0.2, -0.15) is 23.1 Å². The predicted octanol–water partition coefficient (Wildman–Crippen LogP) is 1.15. The summed E-state index contributed by atoms with van der Waals surface area (Å²) in [5.74, 6) is -0.390. The number of halogens is 5. The molecule has 0 unspecified atom stereocenters. The molecule has 0 saturated carbocycles. The Morgan fingerprint density at radius 3 is 2.62 bits per heavy atom. The molecule has 29 heavy (non-hydrogen) atoms. The van der Waals surface area contributed by atoms with Crippen LogP contribution in [0.1, 0.15) is 26.0 Å². The minimum Gasteiger partial charge on any atom is -0.390 e. The smallest absolute Gasteiger partial charge is 0.390 e. The Morgan fingerprint density at radius 2 is 2.03 bits per heavy atom. The fraction of sp³-hybridized carbons (Fsp3) is 0.667. The van der Waals surface area contributed by atoms with Gasteiger partial charge in [-0.15, -0.1) is 0 Å². The Balaban J connectivity index is 2.15. The fourth-order valence-corrected chi connectivity index (χ4v) is 3.51. The van der Waals surface area contributed by atoms with Gasteiger partial charge in [0.2, 0.25) is 5.95 Å². The predicted molar refractivity (Wildman–Crippen MR) is 93.0 cm³/mol. The van der Waals surface area contributed by atoms with Crippen LogP contribution in [0.5, 0.6) is 0 Å². The lowest BCUT2D eigenvalue weighted by atomic mass is 10.1. The van der Waals surface area contributed by atoms with E-state index in [1.807, 2.05) is 0 Å². The largest absolute Gasteiger partial charge is 0.390 e. The number of ether oxygens (including phenoxy) is 1. The van der Waals surface area contributed by atoms with Gasteiger partial charge in [0.25, 0.3) is 0 Å². The summed E-state index contributed by atoms with van der Waals surface area (Å²) >= 11 is 5.97. The summed E-state index contributed by atoms with van der Waals surface area (Å²) in [6, 6.07) is 0. The Kier molecular flexibility index (Phi) is 5.77. The fourth-order valence-electron chi connectivity index (χ4n) is 3.24. The molecule has 0 radical (unpaired) electrons. The van der Waals surface area contributed by atoms with Crippen LogP contribution in [-0.4, -0.2) is 60.0 Å². The van der Waals surface area contributed by atoms with Gasteiger partial charge in [-0.3, -0.25) is 4.57 Å². The number of rotatable bonds is 5. The number of aliphatic hydroxyl groups excluding tert-OH is 2. The third-order valence-electron chi connectivity index (χ3n) is 4.68. The second-order valence-electron chi connectivity index (χ2n) is 6.62. The van der Waals surface area contributed by atoms with Gasteiger partial charge in [-0.25, -0.2) is 13.8 Å². The number of aromatic nitrogens is 4. The van der Waals surface area contributed by atoms with Crippen LogP contribution in [0.2, 0.25) is 5.15 Å². The third-order valence-corrected chi connectivity index (χ3v) is 4.94. The summed E-state index contributed by atoms with van der Waals surface area (Å²) in [5, 5.41) is 19.8. The molecule has 2 aromatic rings. The average molecular weight is 444 g/mol. The number of nitrogens with zero attached hydrogens (tertiary/aromatic N) is 4. The van der Waals surface area contributed by atoms with E-state index in [1.165, 1.54) is 0 Å². The number of aryl methyl sites for hydroxylation is 1. The van der Waals surface area contributed by atoms with Crippen molar-refractivity contribution in [2.45, 2.75) is 63.2 Å². The monoisotopic (exact) mass is 443 g/mol. The summed E-state index contributed by atoms with van der Waals surface area (Å²) in [6.07, 6.45) is -14.2. The molecule has 0 bridgehead atoms. The molecule has 1 aliphatic rings. The minimum atomic E-state index is -4.57. The number of nitrogens with two attached hydrogens (primary N) is 1. The van der Waals surface area contributed by atoms with E-state index in [9.17, 15) is 32.6 Å². The molecule has 2 aromatic heterocycles. The molecule has 0 amide bonds. The van der Waals surface area contributed by atoms with Crippen molar-refractivity contribution >= 4 is 28.7 Å². The third kappa shape index (κ3) is 3.91. The molecule has 0 aliphatic carbocycles. The van der Waals surface area contributed by atoms with Crippen LogP contribution >= 0.6 is 11.6 Å². The van der Waals surface area contributed by atoms with Crippen LogP contribution < -0.4 is 11.4 Å². The van der Waals surface area contributed by atoms with Crippen LogP contribution in [-0.2, 0) is 11.3 Å². The number of aliphatic hydroxyl groups is 2. The number of hydrogen-bond donors (Lipinski definition) is 3. The lowest BCUT2D eigenvalue weighted by Gasteiger charge is -2.18. The molecule has 14 heteroatoms. The van der Waals surface area contributed by atoms with Gasteiger partial charge in [0, 0.05) is 6.54 Å². The van der Waals surface area contributed by atoms with Gasteiger partial charge in [0.15, 0.2) is 23.2 Å². The number of imidazole rings is 1.